The van der Waals surface area contributed by atoms with Crippen molar-refractivity contribution in [3.8, 4) is 5.69 Å². The van der Waals surface area contributed by atoms with Crippen LogP contribution in [0, 0.1) is 24.4 Å². The van der Waals surface area contributed by atoms with E-state index in [1.165, 1.54) is 27.8 Å². The van der Waals surface area contributed by atoms with Gasteiger partial charge in [0.05, 0.1) is 16.9 Å². The first kappa shape index (κ1) is 37.1. The Hall–Kier alpha value is -5.63. The smallest absolute Gasteiger partial charge is 0.341 e. The Morgan fingerprint density at radius 2 is 1.70 bits per heavy atom. The molecule has 53 heavy (non-hydrogen) atoms. The molecule has 2 aromatic heterocycles. The molecule has 3 heterocycles. The topological polar surface area (TPSA) is 133 Å². The quantitative estimate of drug-likeness (QED) is 0.145. The van der Waals surface area contributed by atoms with Gasteiger partial charge in [0.15, 0.2) is 0 Å². The standard InChI is InChI=1S/C39H41F3N6O5/c1-4-26-15-25(8-7-23(26)2)20-43-35-19-36(49)47(39(53)44-35)12-6-5-11-45-13-14-46(21-24(45)3)34-18-33-28(17-31(34)42)37(50)29(38(51)52)22-48(33)32-10-9-27(40)16-30(32)41/h7-10,15-19,22,24,43H,4-6,11-14,20-21H2,1-3H3,(H,44,53)(H,51,52). The van der Waals surface area contributed by atoms with Crippen molar-refractivity contribution in [1.29, 1.82) is 0 Å². The zero-order valence-corrected chi connectivity index (χ0v) is 29.7. The fraction of sp³-hybridized carbons (Fsp3) is 0.333. The van der Waals surface area contributed by atoms with E-state index in [1.807, 2.05) is 17.9 Å². The third-order valence-corrected chi connectivity index (χ3v) is 9.95. The van der Waals surface area contributed by atoms with Crippen molar-refractivity contribution in [3.63, 3.8) is 0 Å². The Balaban J connectivity index is 1.09. The summed E-state index contributed by atoms with van der Waals surface area (Å²) < 4.78 is 46.6. The largest absolute Gasteiger partial charge is 0.477 e. The van der Waals surface area contributed by atoms with E-state index in [0.717, 1.165) is 40.9 Å². The number of nitrogens with zero attached hydrogens (tertiary/aromatic N) is 4. The molecule has 0 radical (unpaired) electrons. The minimum Gasteiger partial charge on any atom is -0.477 e. The number of fused-ring (bicyclic) bond motifs is 1. The average molecular weight is 731 g/mol. The summed E-state index contributed by atoms with van der Waals surface area (Å²) in [5.74, 6) is -3.76. The molecule has 1 saturated heterocycles. The number of hydrogen-bond acceptors (Lipinski definition) is 7. The van der Waals surface area contributed by atoms with Crippen LogP contribution in [0.3, 0.4) is 0 Å². The van der Waals surface area contributed by atoms with Crippen LogP contribution >= 0.6 is 0 Å². The predicted octanol–water partition coefficient (Wildman–Crippen LogP) is 5.43. The van der Waals surface area contributed by atoms with Gasteiger partial charge in [-0.2, -0.15) is 0 Å². The van der Waals surface area contributed by atoms with Crippen LogP contribution in [0.1, 0.15) is 53.7 Å². The van der Waals surface area contributed by atoms with E-state index < -0.39 is 40.1 Å². The number of carboxylic acid groups (broad SMARTS) is 1. The summed E-state index contributed by atoms with van der Waals surface area (Å²) in [6.45, 7) is 8.97. The van der Waals surface area contributed by atoms with Gasteiger partial charge in [-0.15, -0.1) is 0 Å². The maximum Gasteiger partial charge on any atom is 0.341 e. The molecule has 1 atom stereocenters. The number of anilines is 2. The second kappa shape index (κ2) is 15.5. The van der Waals surface area contributed by atoms with E-state index in [2.05, 4.69) is 41.2 Å². The molecule has 0 aliphatic carbocycles. The third kappa shape index (κ3) is 7.92. The number of hydrogen-bond donors (Lipinski definition) is 3. The highest BCUT2D eigenvalue weighted by Gasteiger charge is 2.27. The summed E-state index contributed by atoms with van der Waals surface area (Å²) in [6, 6.07) is 12.7. The zero-order valence-electron chi connectivity index (χ0n) is 29.7. The van der Waals surface area contributed by atoms with E-state index in [0.29, 0.717) is 57.4 Å². The first-order valence-electron chi connectivity index (χ1n) is 17.6. The SMILES string of the molecule is CCc1cc(CNc2cc(=O)n(CCCCN3CCN(c4cc5c(cc4F)c(=O)c(C(=O)O)cn5-c4ccc(F)cc4F)CC3C)c(=O)[nH]2)ccc1C. The second-order valence-electron chi connectivity index (χ2n) is 13.4. The zero-order chi connectivity index (χ0) is 38.0. The molecule has 1 unspecified atom stereocenters. The predicted molar refractivity (Wildman–Crippen MR) is 198 cm³/mol. The number of carbonyl (C=O) groups is 1. The first-order chi connectivity index (χ1) is 25.3. The molecule has 5 aromatic rings. The fourth-order valence-electron chi connectivity index (χ4n) is 6.98. The molecule has 6 rings (SSSR count). The van der Waals surface area contributed by atoms with E-state index in [4.69, 9.17) is 0 Å². The van der Waals surface area contributed by atoms with Gasteiger partial charge < -0.3 is 19.9 Å². The number of piperazine rings is 1. The molecule has 14 heteroatoms. The van der Waals surface area contributed by atoms with Gasteiger partial charge in [0.1, 0.15) is 28.8 Å². The lowest BCUT2D eigenvalue weighted by Gasteiger charge is -2.41. The maximum absolute atomic E-state index is 15.6. The Morgan fingerprint density at radius 3 is 2.40 bits per heavy atom. The van der Waals surface area contributed by atoms with Crippen LogP contribution in [0.4, 0.5) is 24.7 Å². The van der Waals surface area contributed by atoms with Gasteiger partial charge >= 0.3 is 11.7 Å². The van der Waals surface area contributed by atoms with E-state index >= 15 is 4.39 Å². The molecule has 11 nitrogen and oxygen atoms in total. The molecule has 0 saturated carbocycles. The Morgan fingerprint density at radius 1 is 0.943 bits per heavy atom. The number of rotatable bonds is 12. The van der Waals surface area contributed by atoms with Gasteiger partial charge in [-0.05, 0) is 80.6 Å². The van der Waals surface area contributed by atoms with Gasteiger partial charge in [0, 0.05) is 62.5 Å². The summed E-state index contributed by atoms with van der Waals surface area (Å²) in [7, 11) is 0. The lowest BCUT2D eigenvalue weighted by atomic mass is 10.0. The van der Waals surface area contributed by atoms with Gasteiger partial charge in [0.25, 0.3) is 5.56 Å². The van der Waals surface area contributed by atoms with Crippen molar-refractivity contribution in [2.45, 2.75) is 59.2 Å². The van der Waals surface area contributed by atoms with E-state index in [1.54, 1.807) is 0 Å². The van der Waals surface area contributed by atoms with Crippen molar-refractivity contribution in [2.24, 2.45) is 0 Å². The highest BCUT2D eigenvalue weighted by atomic mass is 19.1. The van der Waals surface area contributed by atoms with Crippen molar-refractivity contribution >= 4 is 28.4 Å². The van der Waals surface area contributed by atoms with Crippen molar-refractivity contribution in [3.05, 3.63) is 132 Å². The number of nitrogens with one attached hydrogen (secondary N) is 2. The normalized spacial score (nSPS) is 14.9. The number of H-pyrrole nitrogens is 1. The Labute approximate surface area is 302 Å². The fourth-order valence-corrected chi connectivity index (χ4v) is 6.98. The van der Waals surface area contributed by atoms with E-state index in [-0.39, 0.29) is 40.4 Å². The number of aromatic nitrogens is 3. The number of aromatic carboxylic acids is 1. The van der Waals surface area contributed by atoms with E-state index in [9.17, 15) is 33.1 Å². The van der Waals surface area contributed by atoms with Crippen LogP contribution < -0.4 is 26.9 Å². The third-order valence-electron chi connectivity index (χ3n) is 9.95. The minimum absolute atomic E-state index is 0.0246. The van der Waals surface area contributed by atoms with Gasteiger partial charge in [0.2, 0.25) is 5.43 Å². The molecule has 1 aliphatic rings. The molecular weight excluding hydrogens is 689 g/mol. The van der Waals surface area contributed by atoms with Crippen molar-refractivity contribution in [1.82, 2.24) is 19.0 Å². The average Bonchev–Trinajstić information content (AvgIpc) is 3.11. The summed E-state index contributed by atoms with van der Waals surface area (Å²) in [5.41, 5.74) is 1.08. The molecule has 3 N–H and O–H groups in total. The Bertz CT molecular complexity index is 2340. The summed E-state index contributed by atoms with van der Waals surface area (Å²) in [5, 5.41) is 12.5. The monoisotopic (exact) mass is 730 g/mol. The molecule has 278 valence electrons. The molecule has 1 aliphatic heterocycles. The van der Waals surface area contributed by atoms with Crippen LogP contribution in [0.25, 0.3) is 16.6 Å². The number of benzene rings is 3. The molecule has 3 aromatic carbocycles. The number of pyridine rings is 1. The van der Waals surface area contributed by atoms with Crippen LogP contribution in [0.2, 0.25) is 0 Å². The molecular formula is C39H41F3N6O5. The summed E-state index contributed by atoms with van der Waals surface area (Å²) in [4.78, 5) is 57.3. The number of unbranched alkanes of at least 4 members (excludes halogenated alkanes) is 1. The minimum atomic E-state index is -1.56. The number of aromatic amines is 1. The first-order valence-corrected chi connectivity index (χ1v) is 17.6. The summed E-state index contributed by atoms with van der Waals surface area (Å²) in [6.07, 6.45) is 3.17. The molecule has 0 bridgehead atoms. The van der Waals surface area contributed by atoms with Crippen LogP contribution in [0.5, 0.6) is 0 Å². The van der Waals surface area contributed by atoms with Crippen LogP contribution in [0.15, 0.2) is 75.2 Å². The number of carboxylic acids is 1. The van der Waals surface area contributed by atoms with Crippen molar-refractivity contribution < 1.29 is 23.1 Å². The maximum atomic E-state index is 15.6. The number of halogens is 3. The molecule has 0 spiro atoms. The lowest BCUT2D eigenvalue weighted by molar-refractivity contribution is 0.0695. The van der Waals surface area contributed by atoms with Gasteiger partial charge in [-0.25, -0.2) is 22.8 Å². The van der Waals surface area contributed by atoms with Crippen LogP contribution in [-0.4, -0.2) is 62.3 Å². The number of aryl methyl sites for hydroxylation is 2. The highest BCUT2D eigenvalue weighted by Crippen LogP contribution is 2.30. The second-order valence-corrected chi connectivity index (χ2v) is 13.4. The van der Waals surface area contributed by atoms with Crippen molar-refractivity contribution in [2.75, 3.05) is 36.4 Å². The molecule has 0 amide bonds. The summed E-state index contributed by atoms with van der Waals surface area (Å²) >= 11 is 0. The highest BCUT2D eigenvalue weighted by molar-refractivity contribution is 5.94. The van der Waals surface area contributed by atoms with Gasteiger partial charge in [-0.1, -0.05) is 25.1 Å². The van der Waals surface area contributed by atoms with Gasteiger partial charge in [-0.3, -0.25) is 24.0 Å². The Kier molecular flexibility index (Phi) is 10.9. The molecule has 1 fully saturated rings. The van der Waals surface area contributed by atoms with Crippen LogP contribution in [-0.2, 0) is 19.5 Å². The lowest BCUT2D eigenvalue weighted by Crippen LogP contribution is -2.52.